The lowest BCUT2D eigenvalue weighted by molar-refractivity contribution is -0.137. The predicted molar refractivity (Wildman–Crippen MR) is 57.4 cm³/mol. The molecule has 0 fully saturated rings. The first-order valence-electron chi connectivity index (χ1n) is 4.87. The fourth-order valence-electron chi connectivity index (χ4n) is 1.16. The molecule has 2 nitrogen and oxygen atoms in total. The summed E-state index contributed by atoms with van der Waals surface area (Å²) in [5, 5.41) is 9.27. The lowest BCUT2D eigenvalue weighted by Crippen LogP contribution is -2.15. The smallest absolute Gasteiger partial charge is 0.416 e. The van der Waals surface area contributed by atoms with Crippen molar-refractivity contribution in [2.75, 3.05) is 6.61 Å². The van der Waals surface area contributed by atoms with Crippen LogP contribution in [0.3, 0.4) is 0 Å². The fraction of sp³-hybridized carbons (Fsp3) is 0.250. The van der Waals surface area contributed by atoms with Gasteiger partial charge >= 0.3 is 6.18 Å². The number of aliphatic hydroxyl groups is 1. The molecule has 1 aromatic carbocycles. The Bertz CT molecular complexity index is 386. The van der Waals surface area contributed by atoms with E-state index in [1.165, 1.54) is 24.3 Å². The summed E-state index contributed by atoms with van der Waals surface area (Å²) in [5.74, 6) is 0.0661. The topological polar surface area (TPSA) is 29.5 Å². The van der Waals surface area contributed by atoms with Gasteiger partial charge in [-0.2, -0.15) is 13.2 Å². The molecule has 0 saturated carbocycles. The van der Waals surface area contributed by atoms with E-state index in [2.05, 4.69) is 6.92 Å². The number of hydrogen-bond donors (Lipinski definition) is 1. The van der Waals surface area contributed by atoms with Gasteiger partial charge in [0.1, 0.15) is 18.5 Å². The number of benzene rings is 1. The molecule has 1 N–H and O–H groups in total. The Hall–Kier alpha value is -1.49. The van der Waals surface area contributed by atoms with Gasteiger partial charge < -0.3 is 9.84 Å². The predicted octanol–water partition coefficient (Wildman–Crippen LogP) is 2.84. The molecule has 0 aromatic heterocycles. The highest BCUT2D eigenvalue weighted by atomic mass is 19.4. The van der Waals surface area contributed by atoms with Crippen molar-refractivity contribution in [1.82, 2.24) is 0 Å². The van der Waals surface area contributed by atoms with Crippen LogP contribution in [-0.2, 0) is 6.18 Å². The van der Waals surface area contributed by atoms with Crippen LogP contribution in [0.1, 0.15) is 5.56 Å². The first-order chi connectivity index (χ1) is 7.93. The number of allylic oxidation sites excluding steroid dienone is 1. The molecule has 0 amide bonds. The van der Waals surface area contributed by atoms with Gasteiger partial charge in [-0.1, -0.05) is 18.2 Å². The van der Waals surface area contributed by atoms with E-state index in [-0.39, 0.29) is 12.4 Å². The van der Waals surface area contributed by atoms with Crippen LogP contribution in [0.4, 0.5) is 13.2 Å². The largest absolute Gasteiger partial charge is 0.491 e. The molecule has 1 rings (SSSR count). The number of rotatable bonds is 4. The lowest BCUT2D eigenvalue weighted by atomic mass is 10.2. The summed E-state index contributed by atoms with van der Waals surface area (Å²) in [5.41, 5.74) is -0.780. The van der Waals surface area contributed by atoms with Crippen LogP contribution in [0.2, 0.25) is 0 Å². The summed E-state index contributed by atoms with van der Waals surface area (Å²) in [6.07, 6.45) is -2.51. The Morgan fingerprint density at radius 3 is 2.71 bits per heavy atom. The SMILES string of the molecule is [CH2]/C=C/C(O)COc1cccc(C(F)(F)F)c1. The van der Waals surface area contributed by atoms with Crippen LogP contribution in [-0.4, -0.2) is 17.8 Å². The van der Waals surface area contributed by atoms with Gasteiger partial charge in [0.15, 0.2) is 0 Å². The van der Waals surface area contributed by atoms with Gasteiger partial charge in [-0.25, -0.2) is 0 Å². The standard InChI is InChI=1S/C12H12F3O2/c1-2-4-10(16)8-17-11-6-3-5-9(7-11)12(13,14)15/h2-7,10,16H,1,8H2/b4-2+. The molecule has 0 bridgehead atoms. The summed E-state index contributed by atoms with van der Waals surface area (Å²) in [6, 6.07) is 4.50. The van der Waals surface area contributed by atoms with Crippen molar-refractivity contribution in [2.45, 2.75) is 12.3 Å². The van der Waals surface area contributed by atoms with E-state index in [4.69, 9.17) is 4.74 Å². The summed E-state index contributed by atoms with van der Waals surface area (Å²) >= 11 is 0. The highest BCUT2D eigenvalue weighted by molar-refractivity contribution is 5.30. The Labute approximate surface area is 97.3 Å². The van der Waals surface area contributed by atoms with Crippen molar-refractivity contribution in [3.63, 3.8) is 0 Å². The van der Waals surface area contributed by atoms with Gasteiger partial charge in [-0.05, 0) is 25.1 Å². The van der Waals surface area contributed by atoms with Crippen LogP contribution >= 0.6 is 0 Å². The molecule has 1 atom stereocenters. The van der Waals surface area contributed by atoms with Crippen LogP contribution < -0.4 is 4.74 Å². The van der Waals surface area contributed by atoms with Gasteiger partial charge in [0.25, 0.3) is 0 Å². The zero-order valence-corrected chi connectivity index (χ0v) is 8.95. The molecule has 17 heavy (non-hydrogen) atoms. The third-order valence-corrected chi connectivity index (χ3v) is 1.94. The normalized spacial score (nSPS) is 13.9. The third-order valence-electron chi connectivity index (χ3n) is 1.94. The molecule has 0 saturated heterocycles. The molecule has 0 spiro atoms. The van der Waals surface area contributed by atoms with Gasteiger partial charge in [-0.3, -0.25) is 0 Å². The van der Waals surface area contributed by atoms with Crippen molar-refractivity contribution in [3.8, 4) is 5.75 Å². The number of aliphatic hydroxyl groups excluding tert-OH is 1. The second-order valence-electron chi connectivity index (χ2n) is 3.33. The van der Waals surface area contributed by atoms with E-state index in [0.29, 0.717) is 0 Å². The Kier molecular flexibility index (Phi) is 4.57. The minimum Gasteiger partial charge on any atom is -0.491 e. The number of ether oxygens (including phenoxy) is 1. The Morgan fingerprint density at radius 1 is 1.41 bits per heavy atom. The average Bonchev–Trinajstić information content (AvgIpc) is 2.26. The maximum Gasteiger partial charge on any atom is 0.416 e. The number of halogens is 3. The van der Waals surface area contributed by atoms with E-state index in [9.17, 15) is 18.3 Å². The van der Waals surface area contributed by atoms with E-state index >= 15 is 0 Å². The summed E-state index contributed by atoms with van der Waals surface area (Å²) < 4.78 is 42.1. The summed E-state index contributed by atoms with van der Waals surface area (Å²) in [7, 11) is 0. The van der Waals surface area contributed by atoms with Crippen molar-refractivity contribution >= 4 is 0 Å². The maximum atomic E-state index is 12.4. The van der Waals surface area contributed by atoms with Gasteiger partial charge in [-0.15, -0.1) is 0 Å². The minimum atomic E-state index is -4.40. The van der Waals surface area contributed by atoms with Crippen LogP contribution in [0.25, 0.3) is 0 Å². The van der Waals surface area contributed by atoms with E-state index < -0.39 is 17.8 Å². The van der Waals surface area contributed by atoms with Crippen molar-refractivity contribution in [1.29, 1.82) is 0 Å². The Balaban J connectivity index is 2.67. The maximum absolute atomic E-state index is 12.4. The average molecular weight is 245 g/mol. The molecule has 1 aromatic rings. The number of alkyl halides is 3. The van der Waals surface area contributed by atoms with Crippen LogP contribution in [0.15, 0.2) is 36.4 Å². The van der Waals surface area contributed by atoms with E-state index in [0.717, 1.165) is 12.1 Å². The molecule has 0 aliphatic heterocycles. The van der Waals surface area contributed by atoms with Crippen molar-refractivity contribution < 1.29 is 23.0 Å². The first-order valence-corrected chi connectivity index (χ1v) is 4.87. The minimum absolute atomic E-state index is 0.0661. The van der Waals surface area contributed by atoms with Gasteiger partial charge in [0.2, 0.25) is 0 Å². The van der Waals surface area contributed by atoms with Crippen LogP contribution in [0, 0.1) is 6.92 Å². The molecular formula is C12H12F3O2. The fourth-order valence-corrected chi connectivity index (χ4v) is 1.16. The van der Waals surface area contributed by atoms with Crippen molar-refractivity contribution in [2.24, 2.45) is 0 Å². The number of hydrogen-bond acceptors (Lipinski definition) is 2. The second kappa shape index (κ2) is 5.72. The third kappa shape index (κ3) is 4.48. The summed E-state index contributed by atoms with van der Waals surface area (Å²) in [6.45, 7) is 3.26. The Morgan fingerprint density at radius 2 is 2.12 bits per heavy atom. The molecular weight excluding hydrogens is 233 g/mol. The zero-order valence-electron chi connectivity index (χ0n) is 8.95. The quantitative estimate of drug-likeness (QED) is 0.883. The molecule has 5 heteroatoms. The van der Waals surface area contributed by atoms with Gasteiger partial charge in [0, 0.05) is 0 Å². The second-order valence-corrected chi connectivity index (χ2v) is 3.33. The summed E-state index contributed by atoms with van der Waals surface area (Å²) in [4.78, 5) is 0. The lowest BCUT2D eigenvalue weighted by Gasteiger charge is -2.11. The molecule has 0 aliphatic rings. The molecule has 0 heterocycles. The van der Waals surface area contributed by atoms with Crippen LogP contribution in [0.5, 0.6) is 5.75 Å². The molecule has 1 radical (unpaired) electrons. The molecule has 0 aliphatic carbocycles. The van der Waals surface area contributed by atoms with Crippen molar-refractivity contribution in [3.05, 3.63) is 48.9 Å². The highest BCUT2D eigenvalue weighted by Gasteiger charge is 2.30. The van der Waals surface area contributed by atoms with E-state index in [1.54, 1.807) is 0 Å². The van der Waals surface area contributed by atoms with E-state index in [1.807, 2.05) is 0 Å². The first kappa shape index (κ1) is 13.6. The zero-order chi connectivity index (χ0) is 12.9. The molecule has 1 unspecified atom stereocenters. The monoisotopic (exact) mass is 245 g/mol. The molecule has 93 valence electrons. The highest BCUT2D eigenvalue weighted by Crippen LogP contribution is 2.31. The van der Waals surface area contributed by atoms with Gasteiger partial charge in [0.05, 0.1) is 5.56 Å².